The molecule has 4 aromatic carbocycles. The molecule has 5 aromatic rings. The Bertz CT molecular complexity index is 1820. The molecule has 0 saturated carbocycles. The highest BCUT2D eigenvalue weighted by molar-refractivity contribution is 7.19. The molecule has 0 N–H and O–H groups in total. The van der Waals surface area contributed by atoms with Gasteiger partial charge >= 0.3 is 0 Å². The fourth-order valence-electron chi connectivity index (χ4n) is 6.96. The van der Waals surface area contributed by atoms with E-state index in [-0.39, 0.29) is 0 Å². The highest BCUT2D eigenvalue weighted by Gasteiger charge is 2.32. The third-order valence-electron chi connectivity index (χ3n) is 8.82. The van der Waals surface area contributed by atoms with Gasteiger partial charge in [-0.25, -0.2) is 0 Å². The van der Waals surface area contributed by atoms with Crippen LogP contribution in [0.5, 0.6) is 0 Å². The number of benzene rings is 4. The second-order valence-electron chi connectivity index (χ2n) is 11.1. The maximum Gasteiger partial charge on any atom is 0.0458 e. The van der Waals surface area contributed by atoms with Crippen LogP contribution in [0.25, 0.3) is 26.8 Å². The minimum atomic E-state index is 1.04. The van der Waals surface area contributed by atoms with Gasteiger partial charge in [0.05, 0.1) is 0 Å². The summed E-state index contributed by atoms with van der Waals surface area (Å²) in [5, 5.41) is 1.46. The van der Waals surface area contributed by atoms with Crippen LogP contribution >= 0.6 is 11.3 Å². The van der Waals surface area contributed by atoms with Gasteiger partial charge in [-0.15, -0.1) is 11.3 Å². The van der Waals surface area contributed by atoms with Crippen LogP contribution < -0.4 is 4.90 Å². The molecule has 2 heteroatoms. The Hall–Kier alpha value is -4.14. The zero-order valence-electron chi connectivity index (χ0n) is 22.6. The lowest BCUT2D eigenvalue weighted by Gasteiger charge is -2.35. The predicted molar refractivity (Wildman–Crippen MR) is 171 cm³/mol. The highest BCUT2D eigenvalue weighted by Crippen LogP contribution is 2.52. The van der Waals surface area contributed by atoms with Gasteiger partial charge in [0.25, 0.3) is 0 Å². The van der Waals surface area contributed by atoms with E-state index < -0.39 is 0 Å². The molecule has 3 aliphatic rings. The van der Waals surface area contributed by atoms with E-state index in [1.54, 1.807) is 32.7 Å². The summed E-state index contributed by atoms with van der Waals surface area (Å²) < 4.78 is 1.44. The SMILES string of the molecule is C1=C(N(c2ccccc2)c2ccc(-c3ccccc3)cc2)CCC2=C1CCC1=C2c2c(sc3ccccc23)CC1. The first-order chi connectivity index (χ1) is 19.8. The molecule has 40 heavy (non-hydrogen) atoms. The van der Waals surface area contributed by atoms with Crippen LogP contribution in [0.2, 0.25) is 0 Å². The van der Waals surface area contributed by atoms with Gasteiger partial charge in [-0.05, 0) is 103 Å². The Morgan fingerprint density at radius 2 is 1.23 bits per heavy atom. The quantitative estimate of drug-likeness (QED) is 0.222. The Morgan fingerprint density at radius 1 is 0.550 bits per heavy atom. The third-order valence-corrected chi connectivity index (χ3v) is 10.0. The van der Waals surface area contributed by atoms with Crippen LogP contribution in [0.15, 0.2) is 138 Å². The molecule has 0 unspecified atom stereocenters. The van der Waals surface area contributed by atoms with Crippen molar-refractivity contribution in [2.24, 2.45) is 0 Å². The van der Waals surface area contributed by atoms with Gasteiger partial charge in [0.1, 0.15) is 0 Å². The van der Waals surface area contributed by atoms with Gasteiger partial charge in [-0.2, -0.15) is 0 Å². The monoisotopic (exact) mass is 533 g/mol. The lowest BCUT2D eigenvalue weighted by molar-refractivity contribution is 0.776. The summed E-state index contributed by atoms with van der Waals surface area (Å²) >= 11 is 2.01. The van der Waals surface area contributed by atoms with E-state index in [1.165, 1.54) is 57.5 Å². The molecule has 0 atom stereocenters. The number of para-hydroxylation sites is 1. The molecule has 3 aliphatic carbocycles. The average molecular weight is 534 g/mol. The summed E-state index contributed by atoms with van der Waals surface area (Å²) in [5.41, 5.74) is 14.4. The summed E-state index contributed by atoms with van der Waals surface area (Å²) in [7, 11) is 0. The van der Waals surface area contributed by atoms with Gasteiger partial charge in [0.15, 0.2) is 0 Å². The molecule has 194 valence electrons. The Labute approximate surface area is 240 Å². The fourth-order valence-corrected chi connectivity index (χ4v) is 8.17. The number of allylic oxidation sites excluding steroid dienone is 6. The van der Waals surface area contributed by atoms with Crippen LogP contribution in [-0.4, -0.2) is 0 Å². The molecule has 0 saturated heterocycles. The average Bonchev–Trinajstić information content (AvgIpc) is 3.41. The smallest absolute Gasteiger partial charge is 0.0458 e. The minimum absolute atomic E-state index is 1.04. The highest BCUT2D eigenvalue weighted by atomic mass is 32.1. The topological polar surface area (TPSA) is 3.24 Å². The van der Waals surface area contributed by atoms with E-state index in [0.29, 0.717) is 0 Å². The van der Waals surface area contributed by atoms with E-state index >= 15 is 0 Å². The molecule has 1 aromatic heterocycles. The van der Waals surface area contributed by atoms with Crippen molar-refractivity contribution in [1.82, 2.24) is 0 Å². The molecule has 1 nitrogen and oxygen atoms in total. The number of nitrogens with zero attached hydrogens (tertiary/aromatic N) is 1. The number of anilines is 2. The van der Waals surface area contributed by atoms with Crippen molar-refractivity contribution < 1.29 is 0 Å². The first-order valence-corrected chi connectivity index (χ1v) is 15.3. The Kier molecular flexibility index (Phi) is 5.81. The molecule has 0 spiro atoms. The fraction of sp³-hybridized carbons (Fsp3) is 0.158. The Morgan fingerprint density at radius 3 is 2.05 bits per heavy atom. The van der Waals surface area contributed by atoms with Gasteiger partial charge in [-0.1, -0.05) is 84.4 Å². The van der Waals surface area contributed by atoms with Gasteiger partial charge in [0, 0.05) is 37.6 Å². The summed E-state index contributed by atoms with van der Waals surface area (Å²) in [5.74, 6) is 0. The molecule has 0 fully saturated rings. The summed E-state index contributed by atoms with van der Waals surface area (Å²) in [4.78, 5) is 4.07. The van der Waals surface area contributed by atoms with Crippen molar-refractivity contribution in [2.45, 2.75) is 38.5 Å². The summed E-state index contributed by atoms with van der Waals surface area (Å²) in [6.07, 6.45) is 9.47. The van der Waals surface area contributed by atoms with Crippen molar-refractivity contribution in [1.29, 1.82) is 0 Å². The second-order valence-corrected chi connectivity index (χ2v) is 12.2. The largest absolute Gasteiger partial charge is 0.314 e. The van der Waals surface area contributed by atoms with Crippen molar-refractivity contribution in [3.05, 3.63) is 148 Å². The maximum absolute atomic E-state index is 2.53. The van der Waals surface area contributed by atoms with E-state index in [9.17, 15) is 0 Å². The first kappa shape index (κ1) is 23.7. The number of rotatable bonds is 4. The summed E-state index contributed by atoms with van der Waals surface area (Å²) in [6, 6.07) is 39.7. The lowest BCUT2D eigenvalue weighted by atomic mass is 9.73. The standard InChI is InChI=1S/C38H31NS/c1-3-9-26(10-4-1)27-17-20-31(21-18-27)39(30-11-5-2-6-12-30)32-22-23-33-29(25-32)16-15-28-19-24-36-38(37(28)33)34-13-7-8-14-35(34)40-36/h1-14,17-18,20-21,25H,15-16,19,22-24H2. The van der Waals surface area contributed by atoms with Crippen LogP contribution in [0.1, 0.15) is 42.5 Å². The van der Waals surface area contributed by atoms with E-state index in [1.807, 2.05) is 11.3 Å². The van der Waals surface area contributed by atoms with Crippen LogP contribution in [0.4, 0.5) is 11.4 Å². The number of aryl methyl sites for hydroxylation is 1. The first-order valence-electron chi connectivity index (χ1n) is 14.5. The van der Waals surface area contributed by atoms with Gasteiger partial charge in [0.2, 0.25) is 0 Å². The van der Waals surface area contributed by atoms with Gasteiger partial charge in [-0.3, -0.25) is 0 Å². The molecular formula is C38H31NS. The lowest BCUT2D eigenvalue weighted by Crippen LogP contribution is -2.21. The maximum atomic E-state index is 2.53. The Balaban J connectivity index is 1.22. The van der Waals surface area contributed by atoms with Crippen molar-refractivity contribution in [2.75, 3.05) is 4.90 Å². The number of thiophene rings is 1. The molecule has 0 radical (unpaired) electrons. The van der Waals surface area contributed by atoms with E-state index in [0.717, 1.165) is 19.3 Å². The number of hydrogen-bond donors (Lipinski definition) is 0. The van der Waals surface area contributed by atoms with Crippen molar-refractivity contribution in [3.63, 3.8) is 0 Å². The van der Waals surface area contributed by atoms with Crippen molar-refractivity contribution >= 4 is 38.4 Å². The van der Waals surface area contributed by atoms with E-state index in [2.05, 4.69) is 120 Å². The van der Waals surface area contributed by atoms with Crippen LogP contribution in [0.3, 0.4) is 0 Å². The summed E-state index contributed by atoms with van der Waals surface area (Å²) in [6.45, 7) is 0. The molecular weight excluding hydrogens is 502 g/mol. The number of fused-ring (bicyclic) bond motifs is 5. The second kappa shape index (κ2) is 9.80. The zero-order chi connectivity index (χ0) is 26.5. The zero-order valence-corrected chi connectivity index (χ0v) is 23.4. The minimum Gasteiger partial charge on any atom is -0.314 e. The van der Waals surface area contributed by atoms with E-state index in [4.69, 9.17) is 0 Å². The van der Waals surface area contributed by atoms with Crippen molar-refractivity contribution in [3.8, 4) is 11.1 Å². The van der Waals surface area contributed by atoms with Gasteiger partial charge < -0.3 is 4.90 Å². The number of hydrogen-bond acceptors (Lipinski definition) is 2. The molecule has 1 heterocycles. The van der Waals surface area contributed by atoms with Crippen LogP contribution in [-0.2, 0) is 6.42 Å². The predicted octanol–water partition coefficient (Wildman–Crippen LogP) is 10.9. The molecule has 0 bridgehead atoms. The normalized spacial score (nSPS) is 16.4. The molecule has 8 rings (SSSR count). The molecule has 0 amide bonds. The molecule has 0 aliphatic heterocycles. The third kappa shape index (κ3) is 3.98. The van der Waals surface area contributed by atoms with Crippen LogP contribution in [0, 0.1) is 0 Å².